The molecule has 1 aromatic heterocycles. The van der Waals surface area contributed by atoms with Gasteiger partial charge in [0.2, 0.25) is 0 Å². The Bertz CT molecular complexity index is 114. The van der Waals surface area contributed by atoms with E-state index in [-0.39, 0.29) is 0 Å². The van der Waals surface area contributed by atoms with Crippen molar-refractivity contribution in [2.75, 3.05) is 0 Å². The van der Waals surface area contributed by atoms with Crippen molar-refractivity contribution in [1.82, 2.24) is 4.98 Å². The number of rotatable bonds is 0. The Morgan fingerprint density at radius 1 is 1.83 bits per heavy atom. The average Bonchev–Trinajstić information content (AvgIpc) is 1.86. The van der Waals surface area contributed by atoms with Gasteiger partial charge in [-0.2, -0.15) is 0 Å². The second-order valence-corrected chi connectivity index (χ2v) is 3.82. The molecule has 0 spiro atoms. The quantitative estimate of drug-likeness (QED) is 0.423. The molecule has 0 aromatic carbocycles. The van der Waals surface area contributed by atoms with E-state index in [1.165, 1.54) is 2.26 Å². The molecule has 0 N–H and O–H groups in total. The van der Waals surface area contributed by atoms with E-state index >= 15 is 0 Å². The zero-order chi connectivity index (χ0) is 4.41. The zero-order valence-electron chi connectivity index (χ0n) is 3.51. The van der Waals surface area contributed by atoms with Gasteiger partial charge >= 0.3 is 58.1 Å². The summed E-state index contributed by atoms with van der Waals surface area (Å²) in [5, 5.41) is 2.00. The Balaban J connectivity index is 3.05. The summed E-state index contributed by atoms with van der Waals surface area (Å²) in [6.45, 7) is 0. The fourth-order valence-corrected chi connectivity index (χ4v) is 1.29. The van der Waals surface area contributed by atoms with Gasteiger partial charge in [-0.25, -0.2) is 0 Å². The maximum absolute atomic E-state index is 4.00. The molecule has 1 heterocycles. The van der Waals surface area contributed by atoms with Crippen LogP contribution >= 0.6 is 11.3 Å². The predicted octanol–water partition coefficient (Wildman–Crippen LogP) is -0.0631. The zero-order valence-corrected chi connectivity index (χ0v) is 6.33. The van der Waals surface area contributed by atoms with Crippen molar-refractivity contribution in [3.05, 3.63) is 11.6 Å². The normalized spacial score (nSPS) is 9.00. The Labute approximate surface area is 57.8 Å². The van der Waals surface area contributed by atoms with E-state index in [0.717, 1.165) is 27.9 Å². The van der Waals surface area contributed by atoms with Crippen LogP contribution in [-0.2, 0) is 0 Å². The third-order valence-electron chi connectivity index (χ3n) is 0.556. The summed E-state index contributed by atoms with van der Waals surface area (Å²) in [7, 11) is 0. The van der Waals surface area contributed by atoms with Crippen LogP contribution in [-0.4, -0.2) is 32.9 Å². The van der Waals surface area contributed by atoms with Crippen LogP contribution in [0, 0.1) is 0 Å². The molecular formula is C3H2NNaS. The second kappa shape index (κ2) is 2.07. The topological polar surface area (TPSA) is 12.9 Å². The van der Waals surface area contributed by atoms with Gasteiger partial charge in [0.05, 0.1) is 0 Å². The third kappa shape index (κ3) is 1.05. The van der Waals surface area contributed by atoms with Gasteiger partial charge in [-0.1, -0.05) is 0 Å². The molecule has 0 aliphatic carbocycles. The van der Waals surface area contributed by atoms with Crippen molar-refractivity contribution in [3.8, 4) is 0 Å². The summed E-state index contributed by atoms with van der Waals surface area (Å²) in [6.07, 6.45) is 1.84. The van der Waals surface area contributed by atoms with Crippen molar-refractivity contribution in [2.45, 2.75) is 0 Å². The van der Waals surface area contributed by atoms with Crippen molar-refractivity contribution in [3.63, 3.8) is 0 Å². The van der Waals surface area contributed by atoms with E-state index in [4.69, 9.17) is 0 Å². The van der Waals surface area contributed by atoms with Crippen molar-refractivity contribution >= 4 is 41.5 Å². The predicted molar refractivity (Wildman–Crippen MR) is 27.5 cm³/mol. The minimum atomic E-state index is 1.10. The number of hydrogen-bond acceptors (Lipinski definition) is 2. The van der Waals surface area contributed by atoms with Crippen LogP contribution in [0.1, 0.15) is 0 Å². The molecule has 0 amide bonds. The maximum atomic E-state index is 4.00. The molecule has 0 saturated heterocycles. The molecule has 0 aliphatic rings. The fourth-order valence-electron chi connectivity index (χ4n) is 0.295. The second-order valence-electron chi connectivity index (χ2n) is 1.05. The number of aromatic nitrogens is 1. The van der Waals surface area contributed by atoms with E-state index in [0.29, 0.717) is 0 Å². The first kappa shape index (κ1) is 4.78. The Kier molecular flexibility index (Phi) is 1.65. The summed E-state index contributed by atoms with van der Waals surface area (Å²) >= 11 is 2.83. The molecule has 1 aromatic rings. The van der Waals surface area contributed by atoms with E-state index < -0.39 is 0 Å². The van der Waals surface area contributed by atoms with Crippen LogP contribution < -0.4 is 2.26 Å². The van der Waals surface area contributed by atoms with Crippen LogP contribution in [0.25, 0.3) is 0 Å². The average molecular weight is 107 g/mol. The van der Waals surface area contributed by atoms with Gasteiger partial charge in [-0.05, 0) is 0 Å². The minimum absolute atomic E-state index is 1.10. The van der Waals surface area contributed by atoms with Crippen LogP contribution in [0.4, 0.5) is 0 Å². The van der Waals surface area contributed by atoms with E-state index in [1.54, 1.807) is 11.3 Å². The first-order chi connectivity index (χ1) is 2.89. The summed E-state index contributed by atoms with van der Waals surface area (Å²) in [4.78, 5) is 4.00. The Morgan fingerprint density at radius 3 is 2.83 bits per heavy atom. The molecule has 0 aliphatic heterocycles. The van der Waals surface area contributed by atoms with E-state index in [9.17, 15) is 0 Å². The molecule has 0 saturated carbocycles. The fraction of sp³-hybridized carbons (Fsp3) is 0. The van der Waals surface area contributed by atoms with Gasteiger partial charge < -0.3 is 0 Å². The van der Waals surface area contributed by atoms with Gasteiger partial charge in [-0.15, -0.1) is 0 Å². The summed E-state index contributed by atoms with van der Waals surface area (Å²) < 4.78 is 1.27. The first-order valence-electron chi connectivity index (χ1n) is 1.75. The summed E-state index contributed by atoms with van der Waals surface area (Å²) in [5.74, 6) is 0. The van der Waals surface area contributed by atoms with Gasteiger partial charge in [0, 0.05) is 0 Å². The Morgan fingerprint density at radius 2 is 2.67 bits per heavy atom. The molecule has 6 heavy (non-hydrogen) atoms. The summed E-state index contributed by atoms with van der Waals surface area (Å²) in [5.41, 5.74) is 0. The molecule has 3 heteroatoms. The van der Waals surface area contributed by atoms with E-state index in [1.807, 2.05) is 11.6 Å². The van der Waals surface area contributed by atoms with Crippen LogP contribution in [0.15, 0.2) is 11.6 Å². The van der Waals surface area contributed by atoms with Crippen molar-refractivity contribution in [2.24, 2.45) is 0 Å². The molecule has 0 radical (unpaired) electrons. The van der Waals surface area contributed by atoms with Gasteiger partial charge in [-0.3, -0.25) is 0 Å². The summed E-state index contributed by atoms with van der Waals surface area (Å²) in [6, 6.07) is 0. The van der Waals surface area contributed by atoms with Gasteiger partial charge in [0.1, 0.15) is 0 Å². The molecule has 1 rings (SSSR count). The third-order valence-corrected chi connectivity index (χ3v) is 2.23. The SMILES string of the molecule is [Na][c]1nccs1. The first-order valence-corrected chi connectivity index (χ1v) is 3.63. The van der Waals surface area contributed by atoms with Crippen LogP contribution in [0.3, 0.4) is 0 Å². The molecule has 0 fully saturated rings. The monoisotopic (exact) mass is 107 g/mol. The molecule has 0 unspecified atom stereocenters. The van der Waals surface area contributed by atoms with Crippen molar-refractivity contribution in [1.29, 1.82) is 0 Å². The Hall–Kier alpha value is 0.630. The number of thiazole rings is 1. The van der Waals surface area contributed by atoms with Crippen molar-refractivity contribution < 1.29 is 0 Å². The standard InChI is InChI=1S/C3H2NS.Na/c1-2-5-3-4-1;/h1-2H;. The number of nitrogens with zero attached hydrogens (tertiary/aromatic N) is 1. The van der Waals surface area contributed by atoms with Crippen LogP contribution in [0.5, 0.6) is 0 Å². The molecule has 26 valence electrons. The van der Waals surface area contributed by atoms with Crippen LogP contribution in [0.2, 0.25) is 0 Å². The van der Waals surface area contributed by atoms with Gasteiger partial charge in [0.15, 0.2) is 0 Å². The molecular weight excluding hydrogens is 105 g/mol. The molecule has 0 atom stereocenters. The molecule has 0 bridgehead atoms. The molecule has 1 nitrogen and oxygen atoms in total. The van der Waals surface area contributed by atoms with E-state index in [2.05, 4.69) is 4.98 Å². The van der Waals surface area contributed by atoms with Gasteiger partial charge in [0.25, 0.3) is 0 Å². The number of hydrogen-bond donors (Lipinski definition) is 0.